The van der Waals surface area contributed by atoms with Gasteiger partial charge in [0.2, 0.25) is 0 Å². The minimum Gasteiger partial charge on any atom is -0.469 e. The van der Waals surface area contributed by atoms with Crippen LogP contribution in [0.4, 0.5) is 5.69 Å². The topological polar surface area (TPSA) is 72.5 Å². The van der Waals surface area contributed by atoms with Crippen LogP contribution in [0.3, 0.4) is 0 Å². The van der Waals surface area contributed by atoms with Gasteiger partial charge in [-0.1, -0.05) is 46.6 Å². The lowest BCUT2D eigenvalue weighted by Gasteiger charge is -2.11. The van der Waals surface area contributed by atoms with Gasteiger partial charge in [0.15, 0.2) is 0 Å². The van der Waals surface area contributed by atoms with E-state index in [1.165, 1.54) is 43.5 Å². The summed E-state index contributed by atoms with van der Waals surface area (Å²) in [6.07, 6.45) is 0.389. The average Bonchev–Trinajstić information content (AvgIpc) is 2.60. The summed E-state index contributed by atoms with van der Waals surface area (Å²) in [6.45, 7) is 0. The number of anilines is 1. The highest BCUT2D eigenvalue weighted by Crippen LogP contribution is 2.28. The number of halogens is 3. The van der Waals surface area contributed by atoms with Crippen molar-refractivity contribution in [1.82, 2.24) is 0 Å². The predicted octanol–water partition coefficient (Wildman–Crippen LogP) is 4.75. The van der Waals surface area contributed by atoms with Gasteiger partial charge in [0.05, 0.1) is 29.8 Å². The van der Waals surface area contributed by atoms with E-state index in [1.54, 1.807) is 0 Å². The fraction of sp³-hybridized carbons (Fsp3) is 0.167. The number of rotatable bonds is 5. The van der Waals surface area contributed by atoms with Crippen molar-refractivity contribution in [2.24, 2.45) is 0 Å². The molecule has 0 aliphatic heterocycles. The van der Waals surface area contributed by atoms with Gasteiger partial charge in [-0.25, -0.2) is 8.42 Å². The first-order valence-corrected chi connectivity index (χ1v) is 10.2. The molecule has 1 N–H and O–H groups in total. The molecule has 0 bridgehead atoms. The zero-order valence-electron chi connectivity index (χ0n) is 14.1. The molecule has 0 aliphatic rings. The predicted molar refractivity (Wildman–Crippen MR) is 107 cm³/mol. The minimum absolute atomic E-state index is 0.00493. The second-order valence-electron chi connectivity index (χ2n) is 5.25. The van der Waals surface area contributed by atoms with Gasteiger partial charge in [-0.05, 0) is 36.4 Å². The van der Waals surface area contributed by atoms with Gasteiger partial charge in [0.25, 0.3) is 10.0 Å². The number of methoxy groups -OCH3 is 1. The number of nitrogens with one attached hydrogen (secondary N) is 1. The van der Waals surface area contributed by atoms with E-state index in [0.717, 1.165) is 0 Å². The Balaban J connectivity index is 2.30. The number of hydrogen-bond donors (Lipinski definition) is 1. The van der Waals surface area contributed by atoms with Crippen molar-refractivity contribution in [1.29, 1.82) is 0 Å². The maximum Gasteiger partial charge on any atom is 0.306 e. The third kappa shape index (κ3) is 6.05. The minimum atomic E-state index is -3.97. The molecule has 27 heavy (non-hydrogen) atoms. The Morgan fingerprint density at radius 1 is 1.11 bits per heavy atom. The summed E-state index contributed by atoms with van der Waals surface area (Å²) in [4.78, 5) is 11.0. The van der Waals surface area contributed by atoms with Crippen LogP contribution in [-0.2, 0) is 19.6 Å². The highest BCUT2D eigenvalue weighted by atomic mass is 35.5. The van der Waals surface area contributed by atoms with Gasteiger partial charge in [-0.15, -0.1) is 0 Å². The van der Waals surface area contributed by atoms with E-state index in [4.69, 9.17) is 34.8 Å². The molecule has 9 heteroatoms. The third-order valence-electron chi connectivity index (χ3n) is 3.31. The smallest absolute Gasteiger partial charge is 0.306 e. The summed E-state index contributed by atoms with van der Waals surface area (Å²) < 4.78 is 32.3. The van der Waals surface area contributed by atoms with E-state index in [0.29, 0.717) is 15.6 Å². The van der Waals surface area contributed by atoms with Gasteiger partial charge < -0.3 is 4.74 Å². The molecule has 0 fully saturated rings. The number of carbonyl (C=O) groups is 1. The normalized spacial score (nSPS) is 10.7. The second kappa shape index (κ2) is 9.34. The van der Waals surface area contributed by atoms with Crippen molar-refractivity contribution in [2.75, 3.05) is 11.8 Å². The Kier molecular flexibility index (Phi) is 7.40. The zero-order valence-corrected chi connectivity index (χ0v) is 17.1. The molecule has 2 aromatic rings. The van der Waals surface area contributed by atoms with Gasteiger partial charge >= 0.3 is 5.97 Å². The summed E-state index contributed by atoms with van der Waals surface area (Å²) in [5.41, 5.74) is 0.594. The molecular formula is C18H14Cl3NO4S. The van der Waals surface area contributed by atoms with Crippen LogP contribution in [0.15, 0.2) is 41.3 Å². The van der Waals surface area contributed by atoms with Gasteiger partial charge in [-0.2, -0.15) is 0 Å². The van der Waals surface area contributed by atoms with Crippen LogP contribution in [0.2, 0.25) is 15.1 Å². The Morgan fingerprint density at radius 2 is 1.78 bits per heavy atom. The number of hydrogen-bond acceptors (Lipinski definition) is 4. The van der Waals surface area contributed by atoms with Crippen molar-refractivity contribution in [3.63, 3.8) is 0 Å². The SMILES string of the molecule is COC(=O)CCC#Cc1cc(Cl)ccc1NS(=O)(=O)c1ccc(Cl)cc1Cl. The Labute approximate surface area is 172 Å². The highest BCUT2D eigenvalue weighted by molar-refractivity contribution is 7.92. The molecule has 0 aliphatic carbocycles. The number of ether oxygens (including phenoxy) is 1. The molecule has 0 saturated heterocycles. The number of carbonyl (C=O) groups excluding carboxylic acids is 1. The van der Waals surface area contributed by atoms with Crippen LogP contribution in [0, 0.1) is 11.8 Å². The van der Waals surface area contributed by atoms with Crippen LogP contribution in [0.1, 0.15) is 18.4 Å². The van der Waals surface area contributed by atoms with Gasteiger partial charge in [-0.3, -0.25) is 9.52 Å². The Bertz CT molecular complexity index is 1030. The molecule has 0 aromatic heterocycles. The van der Waals surface area contributed by atoms with Gasteiger partial charge in [0, 0.05) is 16.5 Å². The number of benzene rings is 2. The highest BCUT2D eigenvalue weighted by Gasteiger charge is 2.19. The summed E-state index contributed by atoms with van der Waals surface area (Å²) in [7, 11) is -2.68. The zero-order chi connectivity index (χ0) is 20.0. The van der Waals surface area contributed by atoms with Gasteiger partial charge in [0.1, 0.15) is 4.90 Å². The van der Waals surface area contributed by atoms with Crippen molar-refractivity contribution in [3.05, 3.63) is 57.0 Å². The summed E-state index contributed by atoms with van der Waals surface area (Å²) in [6, 6.07) is 8.62. The monoisotopic (exact) mass is 445 g/mol. The standard InChI is InChI=1S/C18H14Cl3NO4S/c1-26-18(23)5-3-2-4-12-10-13(19)6-8-16(12)22-27(24,25)17-9-7-14(20)11-15(17)21/h6-11,22H,3,5H2,1H3. The number of sulfonamides is 1. The van der Waals surface area contributed by atoms with E-state index in [-0.39, 0.29) is 34.4 Å². The van der Waals surface area contributed by atoms with Crippen LogP contribution in [0.25, 0.3) is 0 Å². The van der Waals surface area contributed by atoms with Crippen molar-refractivity contribution < 1.29 is 17.9 Å². The largest absolute Gasteiger partial charge is 0.469 e. The lowest BCUT2D eigenvalue weighted by molar-refractivity contribution is -0.140. The summed E-state index contributed by atoms with van der Waals surface area (Å²) in [5.74, 6) is 5.22. The van der Waals surface area contributed by atoms with E-state index in [1.807, 2.05) is 0 Å². The van der Waals surface area contributed by atoms with Crippen molar-refractivity contribution >= 4 is 56.5 Å². The van der Waals surface area contributed by atoms with Crippen LogP contribution >= 0.6 is 34.8 Å². The molecule has 0 spiro atoms. The lowest BCUT2D eigenvalue weighted by atomic mass is 10.2. The van der Waals surface area contributed by atoms with Crippen LogP contribution in [-0.4, -0.2) is 21.5 Å². The molecule has 2 rings (SSSR count). The molecule has 0 amide bonds. The molecular weight excluding hydrogens is 433 g/mol. The van der Waals surface area contributed by atoms with E-state index in [9.17, 15) is 13.2 Å². The third-order valence-corrected chi connectivity index (χ3v) is 5.63. The fourth-order valence-electron chi connectivity index (χ4n) is 2.03. The molecule has 0 atom stereocenters. The first kappa shape index (κ1) is 21.4. The van der Waals surface area contributed by atoms with Crippen molar-refractivity contribution in [3.8, 4) is 11.8 Å². The molecule has 0 radical (unpaired) electrons. The molecule has 0 saturated carbocycles. The Morgan fingerprint density at radius 3 is 2.44 bits per heavy atom. The molecule has 0 heterocycles. The van der Waals surface area contributed by atoms with E-state index in [2.05, 4.69) is 21.3 Å². The number of esters is 1. The van der Waals surface area contributed by atoms with Crippen molar-refractivity contribution in [2.45, 2.75) is 17.7 Å². The fourth-order valence-corrected chi connectivity index (χ4v) is 4.05. The summed E-state index contributed by atoms with van der Waals surface area (Å²) in [5, 5.41) is 0.706. The summed E-state index contributed by atoms with van der Waals surface area (Å²) >= 11 is 17.8. The van der Waals surface area contributed by atoms with E-state index < -0.39 is 10.0 Å². The molecule has 142 valence electrons. The second-order valence-corrected chi connectivity index (χ2v) is 8.18. The maximum absolute atomic E-state index is 12.6. The first-order chi connectivity index (χ1) is 12.7. The maximum atomic E-state index is 12.6. The lowest BCUT2D eigenvalue weighted by Crippen LogP contribution is -2.14. The molecule has 2 aromatic carbocycles. The average molecular weight is 447 g/mol. The molecule has 5 nitrogen and oxygen atoms in total. The molecule has 0 unspecified atom stereocenters. The first-order valence-electron chi connectivity index (χ1n) is 7.56. The van der Waals surface area contributed by atoms with E-state index >= 15 is 0 Å². The van der Waals surface area contributed by atoms with Crippen LogP contribution in [0.5, 0.6) is 0 Å². The van der Waals surface area contributed by atoms with Crippen LogP contribution < -0.4 is 4.72 Å². The quantitative estimate of drug-likeness (QED) is 0.531. The Hall–Kier alpha value is -1.91.